The summed E-state index contributed by atoms with van der Waals surface area (Å²) < 4.78 is 5.61. The molecule has 0 radical (unpaired) electrons. The molecule has 3 nitrogen and oxygen atoms in total. The first-order chi connectivity index (χ1) is 9.38. The standard InChI is InChI=1S/C16H12N2O/c1-19-16-11-6-7-17-9-10(11)8-13-12-4-2-3-5-14(12)18-15(13)16/h2-9,18H,1H3. The average Bonchev–Trinajstić information content (AvgIpc) is 2.83. The van der Waals surface area contributed by atoms with E-state index in [1.807, 2.05) is 18.3 Å². The van der Waals surface area contributed by atoms with Crippen molar-refractivity contribution >= 4 is 32.6 Å². The van der Waals surface area contributed by atoms with Crippen LogP contribution in [0.2, 0.25) is 0 Å². The molecule has 0 amide bonds. The molecular formula is C16H12N2O. The van der Waals surface area contributed by atoms with Gasteiger partial charge in [-0.3, -0.25) is 4.98 Å². The molecule has 0 saturated heterocycles. The normalized spacial score (nSPS) is 11.4. The molecular weight excluding hydrogens is 236 g/mol. The third-order valence-electron chi connectivity index (χ3n) is 3.57. The molecule has 0 aliphatic heterocycles. The van der Waals surface area contributed by atoms with E-state index in [9.17, 15) is 0 Å². The lowest BCUT2D eigenvalue weighted by Gasteiger charge is -2.06. The summed E-state index contributed by atoms with van der Waals surface area (Å²) >= 11 is 0. The molecule has 2 aromatic heterocycles. The number of aromatic nitrogens is 2. The van der Waals surface area contributed by atoms with Crippen molar-refractivity contribution in [2.75, 3.05) is 7.11 Å². The second-order valence-electron chi connectivity index (χ2n) is 4.60. The second-order valence-corrected chi connectivity index (χ2v) is 4.60. The van der Waals surface area contributed by atoms with Crippen molar-refractivity contribution in [2.45, 2.75) is 0 Å². The maximum atomic E-state index is 5.61. The molecule has 0 atom stereocenters. The molecule has 2 aromatic carbocycles. The first-order valence-corrected chi connectivity index (χ1v) is 6.19. The van der Waals surface area contributed by atoms with Gasteiger partial charge in [-0.15, -0.1) is 0 Å². The number of methoxy groups -OCH3 is 1. The Hall–Kier alpha value is -2.55. The molecule has 19 heavy (non-hydrogen) atoms. The van der Waals surface area contributed by atoms with E-state index in [2.05, 4.69) is 34.2 Å². The van der Waals surface area contributed by atoms with Crippen molar-refractivity contribution in [3.05, 3.63) is 48.8 Å². The highest BCUT2D eigenvalue weighted by Crippen LogP contribution is 2.37. The zero-order valence-electron chi connectivity index (χ0n) is 10.5. The van der Waals surface area contributed by atoms with Crippen molar-refractivity contribution in [3.8, 4) is 5.75 Å². The minimum atomic E-state index is 0.881. The summed E-state index contributed by atoms with van der Waals surface area (Å²) in [6, 6.07) is 12.4. The fraction of sp³-hybridized carbons (Fsp3) is 0.0625. The van der Waals surface area contributed by atoms with E-state index in [4.69, 9.17) is 4.74 Å². The van der Waals surface area contributed by atoms with Crippen LogP contribution in [0.25, 0.3) is 32.6 Å². The molecule has 0 spiro atoms. The van der Waals surface area contributed by atoms with Crippen molar-refractivity contribution < 1.29 is 4.74 Å². The van der Waals surface area contributed by atoms with Crippen LogP contribution < -0.4 is 4.74 Å². The van der Waals surface area contributed by atoms with Crippen molar-refractivity contribution in [3.63, 3.8) is 0 Å². The first-order valence-electron chi connectivity index (χ1n) is 6.19. The van der Waals surface area contributed by atoms with E-state index in [0.29, 0.717) is 0 Å². The number of pyridine rings is 1. The number of H-pyrrole nitrogens is 1. The van der Waals surface area contributed by atoms with Gasteiger partial charge in [-0.1, -0.05) is 18.2 Å². The summed E-state index contributed by atoms with van der Waals surface area (Å²) in [5.41, 5.74) is 2.17. The van der Waals surface area contributed by atoms with Gasteiger partial charge in [0.25, 0.3) is 0 Å². The molecule has 0 aliphatic rings. The Bertz CT molecular complexity index is 908. The van der Waals surface area contributed by atoms with E-state index in [-0.39, 0.29) is 0 Å². The predicted octanol–water partition coefficient (Wildman–Crippen LogP) is 3.88. The molecule has 0 bridgehead atoms. The molecule has 3 heteroatoms. The third-order valence-corrected chi connectivity index (χ3v) is 3.57. The number of rotatable bonds is 1. The van der Waals surface area contributed by atoms with Crippen LogP contribution in [0.15, 0.2) is 48.8 Å². The van der Waals surface area contributed by atoms with Gasteiger partial charge < -0.3 is 9.72 Å². The molecule has 1 N–H and O–H groups in total. The highest BCUT2D eigenvalue weighted by molar-refractivity contribution is 6.15. The number of fused-ring (bicyclic) bond motifs is 4. The topological polar surface area (TPSA) is 37.9 Å². The summed E-state index contributed by atoms with van der Waals surface area (Å²) in [6.45, 7) is 0. The maximum Gasteiger partial charge on any atom is 0.150 e. The van der Waals surface area contributed by atoms with Crippen LogP contribution in [0, 0.1) is 0 Å². The van der Waals surface area contributed by atoms with Crippen LogP contribution in [0.4, 0.5) is 0 Å². The summed E-state index contributed by atoms with van der Waals surface area (Å²) in [7, 11) is 1.71. The van der Waals surface area contributed by atoms with Crippen molar-refractivity contribution in [1.82, 2.24) is 9.97 Å². The van der Waals surface area contributed by atoms with Gasteiger partial charge in [-0.25, -0.2) is 0 Å². The van der Waals surface area contributed by atoms with Gasteiger partial charge in [0.15, 0.2) is 5.75 Å². The number of nitrogens with one attached hydrogen (secondary N) is 1. The predicted molar refractivity (Wildman–Crippen MR) is 77.7 cm³/mol. The number of hydrogen-bond donors (Lipinski definition) is 1. The number of para-hydroxylation sites is 1. The molecule has 0 fully saturated rings. The van der Waals surface area contributed by atoms with E-state index < -0.39 is 0 Å². The van der Waals surface area contributed by atoms with Gasteiger partial charge >= 0.3 is 0 Å². The van der Waals surface area contributed by atoms with Crippen molar-refractivity contribution in [1.29, 1.82) is 0 Å². The van der Waals surface area contributed by atoms with Gasteiger partial charge in [0.2, 0.25) is 0 Å². The first kappa shape index (κ1) is 10.4. The summed E-state index contributed by atoms with van der Waals surface area (Å²) in [5, 5.41) is 4.56. The largest absolute Gasteiger partial charge is 0.494 e. The average molecular weight is 248 g/mol. The molecule has 92 valence electrons. The lowest BCUT2D eigenvalue weighted by Crippen LogP contribution is -1.87. The molecule has 0 aliphatic carbocycles. The fourth-order valence-electron chi connectivity index (χ4n) is 2.72. The maximum absolute atomic E-state index is 5.61. The van der Waals surface area contributed by atoms with E-state index in [0.717, 1.165) is 27.6 Å². The Balaban J connectivity index is 2.31. The Labute approximate surface area is 109 Å². The Morgan fingerprint density at radius 2 is 1.95 bits per heavy atom. The fourth-order valence-corrected chi connectivity index (χ4v) is 2.72. The lowest BCUT2D eigenvalue weighted by molar-refractivity contribution is 0.424. The Morgan fingerprint density at radius 3 is 2.84 bits per heavy atom. The molecule has 4 aromatic rings. The van der Waals surface area contributed by atoms with Crippen LogP contribution in [0.5, 0.6) is 5.75 Å². The number of hydrogen-bond acceptors (Lipinski definition) is 2. The third kappa shape index (κ3) is 1.35. The van der Waals surface area contributed by atoms with Gasteiger partial charge in [-0.2, -0.15) is 0 Å². The van der Waals surface area contributed by atoms with Crippen LogP contribution in [0.3, 0.4) is 0 Å². The smallest absolute Gasteiger partial charge is 0.150 e. The highest BCUT2D eigenvalue weighted by Gasteiger charge is 2.12. The highest BCUT2D eigenvalue weighted by atomic mass is 16.5. The Morgan fingerprint density at radius 1 is 1.05 bits per heavy atom. The monoisotopic (exact) mass is 248 g/mol. The van der Waals surface area contributed by atoms with Gasteiger partial charge in [0, 0.05) is 39.5 Å². The van der Waals surface area contributed by atoms with E-state index >= 15 is 0 Å². The van der Waals surface area contributed by atoms with Crippen LogP contribution in [-0.4, -0.2) is 17.1 Å². The molecule has 0 saturated carbocycles. The van der Waals surface area contributed by atoms with Crippen LogP contribution >= 0.6 is 0 Å². The summed E-state index contributed by atoms with van der Waals surface area (Å²) in [5.74, 6) is 0.881. The van der Waals surface area contributed by atoms with Crippen LogP contribution in [-0.2, 0) is 0 Å². The van der Waals surface area contributed by atoms with Gasteiger partial charge in [0.05, 0.1) is 12.6 Å². The molecule has 4 rings (SSSR count). The molecule has 2 heterocycles. The number of ether oxygens (including phenoxy) is 1. The lowest BCUT2D eigenvalue weighted by atomic mass is 10.1. The second kappa shape index (κ2) is 3.72. The quantitative estimate of drug-likeness (QED) is 0.555. The summed E-state index contributed by atoms with van der Waals surface area (Å²) in [4.78, 5) is 7.64. The van der Waals surface area contributed by atoms with Gasteiger partial charge in [-0.05, 0) is 18.2 Å². The van der Waals surface area contributed by atoms with E-state index in [1.165, 1.54) is 10.8 Å². The molecule has 0 unspecified atom stereocenters. The van der Waals surface area contributed by atoms with Gasteiger partial charge in [0.1, 0.15) is 0 Å². The zero-order chi connectivity index (χ0) is 12.8. The number of aromatic amines is 1. The number of nitrogens with zero attached hydrogens (tertiary/aromatic N) is 1. The minimum Gasteiger partial charge on any atom is -0.494 e. The van der Waals surface area contributed by atoms with E-state index in [1.54, 1.807) is 13.3 Å². The number of benzene rings is 2. The summed E-state index contributed by atoms with van der Waals surface area (Å²) in [6.07, 6.45) is 3.67. The zero-order valence-corrected chi connectivity index (χ0v) is 10.5. The Kier molecular flexibility index (Phi) is 2.03. The van der Waals surface area contributed by atoms with Crippen LogP contribution in [0.1, 0.15) is 0 Å². The van der Waals surface area contributed by atoms with Crippen molar-refractivity contribution in [2.24, 2.45) is 0 Å². The SMILES string of the molecule is COc1c2ccncc2cc2c1[nH]c1ccccc12. The minimum absolute atomic E-state index is 0.881.